The number of nitrogens with zero attached hydrogens (tertiary/aromatic N) is 3. The Morgan fingerprint density at radius 3 is 3.04 bits per heavy atom. The fourth-order valence-corrected chi connectivity index (χ4v) is 3.51. The molecule has 4 rings (SSSR count). The van der Waals surface area contributed by atoms with Gasteiger partial charge >= 0.3 is 0 Å². The highest BCUT2D eigenvalue weighted by molar-refractivity contribution is 7.22. The number of carbonyl (C=O) groups excluding carboxylic acids is 2. The minimum Gasteiger partial charge on any atom is -0.353 e. The summed E-state index contributed by atoms with van der Waals surface area (Å²) in [5.41, 5.74) is 0.178. The Hall–Kier alpha value is -2.29. The van der Waals surface area contributed by atoms with Crippen LogP contribution in [0.4, 0.5) is 15.3 Å². The van der Waals surface area contributed by atoms with Crippen LogP contribution in [-0.4, -0.2) is 41.4 Å². The minimum atomic E-state index is -0.534. The molecule has 23 heavy (non-hydrogen) atoms. The molecule has 0 atom stereocenters. The molecule has 2 aromatic rings. The number of amides is 2. The van der Waals surface area contributed by atoms with E-state index in [9.17, 15) is 14.0 Å². The lowest BCUT2D eigenvalue weighted by molar-refractivity contribution is -0.120. The van der Waals surface area contributed by atoms with Crippen LogP contribution in [0, 0.1) is 11.7 Å². The molecule has 0 radical (unpaired) electrons. The highest BCUT2D eigenvalue weighted by Gasteiger charge is 2.31. The lowest BCUT2D eigenvalue weighted by atomic mass is 10.3. The van der Waals surface area contributed by atoms with E-state index in [1.54, 1.807) is 4.90 Å². The first-order valence-electron chi connectivity index (χ1n) is 7.39. The van der Waals surface area contributed by atoms with Gasteiger partial charge in [-0.15, -0.1) is 0 Å². The molecule has 1 aliphatic carbocycles. The summed E-state index contributed by atoms with van der Waals surface area (Å²) in [5, 5.41) is 6.05. The Morgan fingerprint density at radius 1 is 1.48 bits per heavy atom. The molecule has 2 fully saturated rings. The maximum absolute atomic E-state index is 14.0. The van der Waals surface area contributed by atoms with Crippen LogP contribution in [0.25, 0.3) is 10.2 Å². The number of piperazine rings is 1. The zero-order valence-electron chi connectivity index (χ0n) is 12.1. The van der Waals surface area contributed by atoms with Crippen molar-refractivity contribution < 1.29 is 14.0 Å². The molecule has 2 aliphatic rings. The van der Waals surface area contributed by atoms with Crippen molar-refractivity contribution in [2.75, 3.05) is 29.9 Å². The SMILES string of the molecule is O=C1CN(c2nc3c(F)cnc(NC(=O)C4CC4)c3s2)CCN1. The van der Waals surface area contributed by atoms with E-state index in [1.165, 1.54) is 11.3 Å². The summed E-state index contributed by atoms with van der Waals surface area (Å²) >= 11 is 1.24. The first-order valence-corrected chi connectivity index (χ1v) is 8.21. The summed E-state index contributed by atoms with van der Waals surface area (Å²) in [6.45, 7) is 1.34. The quantitative estimate of drug-likeness (QED) is 0.877. The maximum atomic E-state index is 14.0. The highest BCUT2D eigenvalue weighted by Crippen LogP contribution is 2.36. The normalized spacial score (nSPS) is 18.1. The van der Waals surface area contributed by atoms with Gasteiger partial charge in [0, 0.05) is 19.0 Å². The zero-order valence-corrected chi connectivity index (χ0v) is 13.0. The van der Waals surface area contributed by atoms with Crippen molar-refractivity contribution in [2.45, 2.75) is 12.8 Å². The second-order valence-corrected chi connectivity index (χ2v) is 6.64. The van der Waals surface area contributed by atoms with Crippen LogP contribution >= 0.6 is 11.3 Å². The average molecular weight is 335 g/mol. The molecule has 2 N–H and O–H groups in total. The van der Waals surface area contributed by atoms with Gasteiger partial charge in [0.05, 0.1) is 12.7 Å². The fourth-order valence-electron chi connectivity index (χ4n) is 2.46. The van der Waals surface area contributed by atoms with E-state index < -0.39 is 5.82 Å². The molecular formula is C14H14FN5O2S. The molecule has 0 unspecified atom stereocenters. The van der Waals surface area contributed by atoms with E-state index in [-0.39, 0.29) is 29.8 Å². The first-order chi connectivity index (χ1) is 11.1. The maximum Gasteiger partial charge on any atom is 0.239 e. The average Bonchev–Trinajstić information content (AvgIpc) is 3.28. The van der Waals surface area contributed by atoms with Crippen LogP contribution in [0.15, 0.2) is 6.20 Å². The molecule has 3 heterocycles. The number of anilines is 2. The summed E-state index contributed by atoms with van der Waals surface area (Å²) in [5.74, 6) is -0.332. The monoisotopic (exact) mass is 335 g/mol. The van der Waals surface area contributed by atoms with Gasteiger partial charge in [0.15, 0.2) is 16.8 Å². The topological polar surface area (TPSA) is 87.2 Å². The number of hydrogen-bond donors (Lipinski definition) is 2. The third kappa shape index (κ3) is 2.72. The van der Waals surface area contributed by atoms with Gasteiger partial charge in [-0.1, -0.05) is 11.3 Å². The highest BCUT2D eigenvalue weighted by atomic mass is 32.1. The first kappa shape index (κ1) is 14.3. The van der Waals surface area contributed by atoms with E-state index >= 15 is 0 Å². The van der Waals surface area contributed by atoms with Gasteiger partial charge in [-0.25, -0.2) is 14.4 Å². The second-order valence-electron chi connectivity index (χ2n) is 5.66. The number of halogens is 1. The van der Waals surface area contributed by atoms with E-state index in [1.807, 2.05) is 0 Å². The van der Waals surface area contributed by atoms with Crippen LogP contribution in [-0.2, 0) is 9.59 Å². The molecule has 1 saturated heterocycles. The largest absolute Gasteiger partial charge is 0.353 e. The molecule has 0 spiro atoms. The molecule has 0 aromatic carbocycles. The van der Waals surface area contributed by atoms with Crippen molar-refractivity contribution >= 4 is 44.3 Å². The van der Waals surface area contributed by atoms with E-state index in [0.717, 1.165) is 19.0 Å². The van der Waals surface area contributed by atoms with Crippen LogP contribution in [0.3, 0.4) is 0 Å². The Labute approximate surface area is 134 Å². The van der Waals surface area contributed by atoms with Crippen LogP contribution in [0.2, 0.25) is 0 Å². The smallest absolute Gasteiger partial charge is 0.239 e. The predicted octanol–water partition coefficient (Wildman–Crippen LogP) is 1.12. The summed E-state index contributed by atoms with van der Waals surface area (Å²) in [6.07, 6.45) is 2.83. The Bertz CT molecular complexity index is 804. The molecular weight excluding hydrogens is 321 g/mol. The molecule has 7 nitrogen and oxygen atoms in total. The summed E-state index contributed by atoms with van der Waals surface area (Å²) in [6, 6.07) is 0. The van der Waals surface area contributed by atoms with Gasteiger partial charge in [0.2, 0.25) is 11.8 Å². The molecule has 2 aromatic heterocycles. The lowest BCUT2D eigenvalue weighted by Crippen LogP contribution is -2.47. The van der Waals surface area contributed by atoms with Crippen LogP contribution < -0.4 is 15.5 Å². The fraction of sp³-hybridized carbons (Fsp3) is 0.429. The zero-order chi connectivity index (χ0) is 16.0. The van der Waals surface area contributed by atoms with Crippen LogP contribution in [0.5, 0.6) is 0 Å². The molecule has 120 valence electrons. The van der Waals surface area contributed by atoms with Gasteiger partial charge in [0.1, 0.15) is 10.2 Å². The number of pyridine rings is 1. The van der Waals surface area contributed by atoms with Crippen molar-refractivity contribution in [2.24, 2.45) is 5.92 Å². The number of rotatable bonds is 3. The van der Waals surface area contributed by atoms with Gasteiger partial charge < -0.3 is 15.5 Å². The molecule has 0 bridgehead atoms. The number of nitrogens with one attached hydrogen (secondary N) is 2. The number of carbonyl (C=O) groups is 2. The predicted molar refractivity (Wildman–Crippen MR) is 83.9 cm³/mol. The van der Waals surface area contributed by atoms with Crippen molar-refractivity contribution in [1.29, 1.82) is 0 Å². The molecule has 9 heteroatoms. The van der Waals surface area contributed by atoms with E-state index in [4.69, 9.17) is 0 Å². The Kier molecular flexibility index (Phi) is 3.37. The minimum absolute atomic E-state index is 0.0371. The lowest BCUT2D eigenvalue weighted by Gasteiger charge is -2.25. The van der Waals surface area contributed by atoms with Crippen LogP contribution in [0.1, 0.15) is 12.8 Å². The van der Waals surface area contributed by atoms with Crippen molar-refractivity contribution in [3.8, 4) is 0 Å². The summed E-state index contributed by atoms with van der Waals surface area (Å²) in [7, 11) is 0. The molecule has 1 saturated carbocycles. The van der Waals surface area contributed by atoms with Crippen molar-refractivity contribution in [3.05, 3.63) is 12.0 Å². The number of hydrogen-bond acceptors (Lipinski definition) is 6. The number of fused-ring (bicyclic) bond motifs is 1. The van der Waals surface area contributed by atoms with E-state index in [0.29, 0.717) is 28.7 Å². The third-order valence-corrected chi connectivity index (χ3v) is 4.99. The van der Waals surface area contributed by atoms with Crippen molar-refractivity contribution in [3.63, 3.8) is 0 Å². The molecule has 2 amide bonds. The Morgan fingerprint density at radius 2 is 2.30 bits per heavy atom. The Balaban J connectivity index is 1.69. The third-order valence-electron chi connectivity index (χ3n) is 3.86. The van der Waals surface area contributed by atoms with Crippen molar-refractivity contribution in [1.82, 2.24) is 15.3 Å². The summed E-state index contributed by atoms with van der Waals surface area (Å²) in [4.78, 5) is 33.5. The number of thiazole rings is 1. The summed E-state index contributed by atoms with van der Waals surface area (Å²) < 4.78 is 14.5. The van der Waals surface area contributed by atoms with Gasteiger partial charge in [-0.3, -0.25) is 9.59 Å². The molecule has 1 aliphatic heterocycles. The number of aromatic nitrogens is 2. The standard InChI is InChI=1S/C14H14FN5O2S/c15-8-5-17-12(19-13(22)7-1-2-7)11-10(8)18-14(23-11)20-4-3-16-9(21)6-20/h5,7H,1-4,6H2,(H,16,21)(H,17,19,22). The van der Waals surface area contributed by atoms with E-state index in [2.05, 4.69) is 20.6 Å². The second kappa shape index (κ2) is 5.41. The van der Waals surface area contributed by atoms with Gasteiger partial charge in [-0.2, -0.15) is 0 Å². The van der Waals surface area contributed by atoms with Gasteiger partial charge in [-0.05, 0) is 12.8 Å². The van der Waals surface area contributed by atoms with Gasteiger partial charge in [0.25, 0.3) is 0 Å².